The van der Waals surface area contributed by atoms with Crippen molar-refractivity contribution in [1.82, 2.24) is 5.32 Å². The van der Waals surface area contributed by atoms with Gasteiger partial charge in [-0.15, -0.1) is 0 Å². The lowest BCUT2D eigenvalue weighted by molar-refractivity contribution is -0.870. The molecule has 1 amide bonds. The first-order valence-electron chi connectivity index (χ1n) is 26.2. The number of hydrogen-bond acceptors (Lipinski definition) is 6. The van der Waals surface area contributed by atoms with Crippen LogP contribution in [0.3, 0.4) is 0 Å². The maximum atomic E-state index is 12.9. The number of phosphoric acid groups is 1. The minimum Gasteiger partial charge on any atom is -0.756 e. The number of unbranched alkanes of at least 4 members (excludes halogenated alkanes) is 31. The van der Waals surface area contributed by atoms with E-state index >= 15 is 0 Å². The molecule has 0 aromatic carbocycles. The summed E-state index contributed by atoms with van der Waals surface area (Å²) in [7, 11) is 1.31. The highest BCUT2D eigenvalue weighted by atomic mass is 31.2. The van der Waals surface area contributed by atoms with Crippen molar-refractivity contribution in [2.75, 3.05) is 40.9 Å². The van der Waals surface area contributed by atoms with Crippen molar-refractivity contribution in [3.8, 4) is 0 Å². The molecule has 8 nitrogen and oxygen atoms in total. The topological polar surface area (TPSA) is 108 Å². The number of allylic oxidation sites excluding steroid dienone is 4. The van der Waals surface area contributed by atoms with Gasteiger partial charge in [-0.25, -0.2) is 0 Å². The Kier molecular flexibility index (Phi) is 43.5. The van der Waals surface area contributed by atoms with Crippen molar-refractivity contribution in [1.29, 1.82) is 0 Å². The lowest BCUT2D eigenvalue weighted by atomic mass is 10.0. The van der Waals surface area contributed by atoms with Crippen LogP contribution in [0.25, 0.3) is 0 Å². The Morgan fingerprint density at radius 2 is 0.951 bits per heavy atom. The monoisotopic (exact) mass is 883 g/mol. The van der Waals surface area contributed by atoms with Gasteiger partial charge in [0.2, 0.25) is 5.91 Å². The van der Waals surface area contributed by atoms with E-state index in [1.165, 1.54) is 180 Å². The van der Waals surface area contributed by atoms with Gasteiger partial charge in [0.05, 0.1) is 39.9 Å². The molecule has 0 aliphatic carbocycles. The van der Waals surface area contributed by atoms with Crippen LogP contribution in [0.4, 0.5) is 0 Å². The molecule has 0 aromatic heterocycles. The van der Waals surface area contributed by atoms with Gasteiger partial charge in [-0.1, -0.05) is 224 Å². The van der Waals surface area contributed by atoms with Crippen LogP contribution in [0.15, 0.2) is 24.3 Å². The lowest BCUT2D eigenvalue weighted by Gasteiger charge is -2.30. The summed E-state index contributed by atoms with van der Waals surface area (Å²) in [6, 6.07) is -0.797. The molecule has 3 atom stereocenters. The predicted octanol–water partition coefficient (Wildman–Crippen LogP) is 14.6. The molecular weight excluding hydrogens is 780 g/mol. The average Bonchev–Trinajstić information content (AvgIpc) is 3.21. The van der Waals surface area contributed by atoms with Gasteiger partial charge in [0.15, 0.2) is 0 Å². The molecule has 3 unspecified atom stereocenters. The third-order valence-corrected chi connectivity index (χ3v) is 12.9. The van der Waals surface area contributed by atoms with Crippen LogP contribution in [-0.4, -0.2) is 68.5 Å². The minimum absolute atomic E-state index is 0.0130. The highest BCUT2D eigenvalue weighted by molar-refractivity contribution is 7.45. The van der Waals surface area contributed by atoms with Crippen LogP contribution < -0.4 is 10.2 Å². The van der Waals surface area contributed by atoms with Crippen molar-refractivity contribution in [3.63, 3.8) is 0 Å². The first kappa shape index (κ1) is 60.0. The summed E-state index contributed by atoms with van der Waals surface area (Å²) in [5.74, 6) is -0.165. The molecule has 0 rings (SSSR count). The van der Waals surface area contributed by atoms with Crippen molar-refractivity contribution in [3.05, 3.63) is 24.3 Å². The average molecular weight is 883 g/mol. The summed E-state index contributed by atoms with van der Waals surface area (Å²) in [6.45, 7) is 4.72. The molecule has 0 spiro atoms. The molecular formula is C52H103N2O6P. The second kappa shape index (κ2) is 44.2. The smallest absolute Gasteiger partial charge is 0.268 e. The quantitative estimate of drug-likeness (QED) is 0.0273. The highest BCUT2D eigenvalue weighted by Crippen LogP contribution is 2.38. The maximum Gasteiger partial charge on any atom is 0.268 e. The standard InChI is InChI=1S/C52H103N2O6P/c1-6-8-10-12-14-16-18-19-20-21-22-23-24-25-26-27-28-29-30-31-32-33-34-35-36-38-40-42-44-46-52(56)53-50(49-60-61(57,58)59-48-47-54(3,4)5)51(55)45-43-41-39-37-17-15-13-11-9-7-2/h22-23,25-26,50-51,55H,6-21,24,27-49H2,1-5H3,(H-,53,56,57,58)/b23-22-,26-25-. The van der Waals surface area contributed by atoms with Crippen LogP contribution in [-0.2, 0) is 18.4 Å². The van der Waals surface area contributed by atoms with Crippen molar-refractivity contribution in [2.45, 2.75) is 264 Å². The van der Waals surface area contributed by atoms with Gasteiger partial charge < -0.3 is 28.8 Å². The summed E-state index contributed by atoms with van der Waals surface area (Å²) >= 11 is 0. The van der Waals surface area contributed by atoms with Gasteiger partial charge in [0.1, 0.15) is 13.2 Å². The van der Waals surface area contributed by atoms with Crippen molar-refractivity contribution >= 4 is 13.7 Å². The highest BCUT2D eigenvalue weighted by Gasteiger charge is 2.24. The Balaban J connectivity index is 4.03. The van der Waals surface area contributed by atoms with E-state index in [2.05, 4.69) is 43.5 Å². The Morgan fingerprint density at radius 1 is 0.574 bits per heavy atom. The molecule has 0 bridgehead atoms. The predicted molar refractivity (Wildman–Crippen MR) is 261 cm³/mol. The van der Waals surface area contributed by atoms with Crippen LogP contribution in [0, 0.1) is 0 Å². The molecule has 9 heteroatoms. The number of carbonyl (C=O) groups excluding carboxylic acids is 1. The number of aliphatic hydroxyl groups excluding tert-OH is 1. The summed E-state index contributed by atoms with van der Waals surface area (Å²) in [5, 5.41) is 13.9. The molecule has 0 fully saturated rings. The first-order chi connectivity index (χ1) is 29.5. The first-order valence-corrected chi connectivity index (χ1v) is 27.6. The lowest BCUT2D eigenvalue weighted by Crippen LogP contribution is -2.46. The number of nitrogens with one attached hydrogen (secondary N) is 1. The van der Waals surface area contributed by atoms with Crippen molar-refractivity contribution in [2.24, 2.45) is 0 Å². The van der Waals surface area contributed by atoms with E-state index in [-0.39, 0.29) is 19.1 Å². The van der Waals surface area contributed by atoms with E-state index in [1.807, 2.05) is 21.1 Å². The molecule has 0 saturated heterocycles. The SMILES string of the molecule is CCCCCCCCCCC/C=C\C/C=C\CCCCCCCCCCCCCCCC(=O)NC(COP(=O)([O-])OCC[N+](C)(C)C)C(O)CCCCCCCCCCCC. The second-order valence-corrected chi connectivity index (χ2v) is 20.6. The van der Waals surface area contributed by atoms with Crippen LogP contribution >= 0.6 is 7.82 Å². The van der Waals surface area contributed by atoms with E-state index in [0.717, 1.165) is 44.9 Å². The zero-order valence-corrected chi connectivity index (χ0v) is 42.0. The second-order valence-electron chi connectivity index (χ2n) is 19.2. The van der Waals surface area contributed by atoms with E-state index in [9.17, 15) is 19.4 Å². The number of nitrogens with zero attached hydrogens (tertiary/aromatic N) is 1. The third kappa shape index (κ3) is 46.8. The van der Waals surface area contributed by atoms with E-state index < -0.39 is 20.0 Å². The molecule has 362 valence electrons. The third-order valence-electron chi connectivity index (χ3n) is 11.9. The summed E-state index contributed by atoms with van der Waals surface area (Å²) in [4.78, 5) is 25.4. The number of quaternary nitrogens is 1. The van der Waals surface area contributed by atoms with E-state index in [1.54, 1.807) is 0 Å². The molecule has 0 aliphatic heterocycles. The Morgan fingerprint density at radius 3 is 1.36 bits per heavy atom. The summed E-state index contributed by atoms with van der Waals surface area (Å²) in [6.07, 6.45) is 53.5. The molecule has 61 heavy (non-hydrogen) atoms. The van der Waals surface area contributed by atoms with Crippen LogP contribution in [0.5, 0.6) is 0 Å². The van der Waals surface area contributed by atoms with E-state index in [0.29, 0.717) is 23.9 Å². The number of phosphoric ester groups is 1. The van der Waals surface area contributed by atoms with Crippen LogP contribution in [0.1, 0.15) is 251 Å². The molecule has 0 radical (unpaired) electrons. The number of amides is 1. The number of carbonyl (C=O) groups is 1. The van der Waals surface area contributed by atoms with Gasteiger partial charge in [-0.2, -0.15) is 0 Å². The fourth-order valence-electron chi connectivity index (χ4n) is 7.78. The Labute approximate surface area is 379 Å². The summed E-state index contributed by atoms with van der Waals surface area (Å²) in [5.41, 5.74) is 0. The van der Waals surface area contributed by atoms with Gasteiger partial charge >= 0.3 is 0 Å². The minimum atomic E-state index is -4.56. The van der Waals surface area contributed by atoms with Crippen molar-refractivity contribution < 1.29 is 32.9 Å². The number of hydrogen-bond donors (Lipinski definition) is 2. The number of aliphatic hydroxyl groups is 1. The molecule has 0 aromatic rings. The number of rotatable bonds is 48. The van der Waals surface area contributed by atoms with Crippen LogP contribution in [0.2, 0.25) is 0 Å². The molecule has 2 N–H and O–H groups in total. The Bertz CT molecular complexity index is 1050. The Hall–Kier alpha value is -1.02. The van der Waals surface area contributed by atoms with Gasteiger partial charge in [-0.05, 0) is 44.9 Å². The van der Waals surface area contributed by atoms with Gasteiger partial charge in [0, 0.05) is 6.42 Å². The molecule has 0 saturated carbocycles. The number of likely N-dealkylation sites (N-methyl/N-ethyl adjacent to an activating group) is 1. The maximum absolute atomic E-state index is 12.9. The van der Waals surface area contributed by atoms with Gasteiger partial charge in [0.25, 0.3) is 7.82 Å². The molecule has 0 heterocycles. The zero-order chi connectivity index (χ0) is 45.0. The van der Waals surface area contributed by atoms with E-state index in [4.69, 9.17) is 9.05 Å². The van der Waals surface area contributed by atoms with Gasteiger partial charge in [-0.3, -0.25) is 9.36 Å². The fraction of sp³-hybridized carbons (Fsp3) is 0.904. The zero-order valence-electron chi connectivity index (χ0n) is 41.1. The normalized spacial score (nSPS) is 14.3. The largest absolute Gasteiger partial charge is 0.756 e. The molecule has 0 aliphatic rings. The fourth-order valence-corrected chi connectivity index (χ4v) is 8.50. The summed E-state index contributed by atoms with van der Waals surface area (Å²) < 4.78 is 23.3.